The van der Waals surface area contributed by atoms with Gasteiger partial charge in [0.05, 0.1) is 15.6 Å². The number of benzene rings is 2. The van der Waals surface area contributed by atoms with E-state index in [9.17, 15) is 9.59 Å². The third-order valence-corrected chi connectivity index (χ3v) is 5.03. The van der Waals surface area contributed by atoms with Crippen LogP contribution in [0.25, 0.3) is 0 Å². The topological polar surface area (TPSA) is 49.4 Å². The summed E-state index contributed by atoms with van der Waals surface area (Å²) in [5.74, 6) is -0.399. The van der Waals surface area contributed by atoms with Gasteiger partial charge in [-0.2, -0.15) is 0 Å². The Bertz CT molecular complexity index is 911. The fourth-order valence-electron chi connectivity index (χ4n) is 2.55. The van der Waals surface area contributed by atoms with Crippen LogP contribution in [0.1, 0.15) is 27.0 Å². The smallest absolute Gasteiger partial charge is 0.265 e. The first kappa shape index (κ1) is 18.2. The van der Waals surface area contributed by atoms with E-state index in [1.165, 1.54) is 11.3 Å². The van der Waals surface area contributed by atoms with Gasteiger partial charge in [-0.1, -0.05) is 35.9 Å². The van der Waals surface area contributed by atoms with Crippen molar-refractivity contribution in [1.29, 1.82) is 0 Å². The fourth-order valence-corrected chi connectivity index (χ4v) is 3.34. The lowest BCUT2D eigenvalue weighted by molar-refractivity contribution is 0.0986. The maximum Gasteiger partial charge on any atom is 0.265 e. The largest absolute Gasteiger partial charge is 0.320 e. The van der Waals surface area contributed by atoms with Crippen LogP contribution in [-0.4, -0.2) is 18.4 Å². The van der Waals surface area contributed by atoms with Gasteiger partial charge >= 0.3 is 0 Å². The van der Waals surface area contributed by atoms with Crippen molar-refractivity contribution in [3.63, 3.8) is 0 Å². The van der Waals surface area contributed by atoms with Gasteiger partial charge in [0.1, 0.15) is 0 Å². The standard InChI is InChI=1S/C20H17ClN2O2S/c1-2-23(15-7-4-3-5-8-15)20(25)14-10-11-16(21)17(13-14)22-19(24)18-9-6-12-26-18/h3-13H,2H2,1H3,(H,22,24). The Balaban J connectivity index is 1.86. The summed E-state index contributed by atoms with van der Waals surface area (Å²) >= 11 is 7.54. The Morgan fingerprint density at radius 1 is 1.08 bits per heavy atom. The third-order valence-electron chi connectivity index (χ3n) is 3.84. The summed E-state index contributed by atoms with van der Waals surface area (Å²) in [6.07, 6.45) is 0. The van der Waals surface area contributed by atoms with Crippen LogP contribution in [0.5, 0.6) is 0 Å². The molecule has 0 unspecified atom stereocenters. The molecule has 1 N–H and O–H groups in total. The van der Waals surface area contributed by atoms with Crippen molar-refractivity contribution in [2.75, 3.05) is 16.8 Å². The van der Waals surface area contributed by atoms with Crippen LogP contribution in [-0.2, 0) is 0 Å². The van der Waals surface area contributed by atoms with E-state index in [4.69, 9.17) is 11.6 Å². The maximum absolute atomic E-state index is 12.9. The lowest BCUT2D eigenvalue weighted by Gasteiger charge is -2.21. The van der Waals surface area contributed by atoms with Crippen molar-refractivity contribution in [3.8, 4) is 0 Å². The lowest BCUT2D eigenvalue weighted by Crippen LogP contribution is -2.30. The zero-order valence-corrected chi connectivity index (χ0v) is 15.7. The first-order chi connectivity index (χ1) is 12.6. The highest BCUT2D eigenvalue weighted by atomic mass is 35.5. The van der Waals surface area contributed by atoms with Gasteiger partial charge in [0.15, 0.2) is 0 Å². The Hall–Kier alpha value is -2.63. The van der Waals surface area contributed by atoms with Crippen LogP contribution in [0.4, 0.5) is 11.4 Å². The van der Waals surface area contributed by atoms with Crippen molar-refractivity contribution < 1.29 is 9.59 Å². The predicted molar refractivity (Wildman–Crippen MR) is 108 cm³/mol. The number of halogens is 1. The van der Waals surface area contributed by atoms with Crippen LogP contribution in [0, 0.1) is 0 Å². The number of hydrogen-bond donors (Lipinski definition) is 1. The zero-order chi connectivity index (χ0) is 18.5. The first-order valence-corrected chi connectivity index (χ1v) is 9.37. The maximum atomic E-state index is 12.9. The third kappa shape index (κ3) is 3.95. The van der Waals surface area contributed by atoms with Crippen LogP contribution >= 0.6 is 22.9 Å². The van der Waals surface area contributed by atoms with E-state index in [-0.39, 0.29) is 11.8 Å². The van der Waals surface area contributed by atoms with E-state index in [2.05, 4.69) is 5.32 Å². The molecule has 2 amide bonds. The number of rotatable bonds is 5. The van der Waals surface area contributed by atoms with Crippen LogP contribution in [0.3, 0.4) is 0 Å². The van der Waals surface area contributed by atoms with Gasteiger partial charge in [-0.15, -0.1) is 11.3 Å². The van der Waals surface area contributed by atoms with E-state index in [0.717, 1.165) is 5.69 Å². The molecule has 1 aromatic heterocycles. The molecule has 0 aliphatic carbocycles. The molecule has 0 fully saturated rings. The van der Waals surface area contributed by atoms with E-state index in [0.29, 0.717) is 27.7 Å². The normalized spacial score (nSPS) is 10.4. The molecule has 132 valence electrons. The van der Waals surface area contributed by atoms with Crippen molar-refractivity contribution in [2.45, 2.75) is 6.92 Å². The number of anilines is 2. The molecule has 0 radical (unpaired) electrons. The van der Waals surface area contributed by atoms with Crippen molar-refractivity contribution >= 4 is 46.1 Å². The van der Waals surface area contributed by atoms with Crippen LogP contribution in [0.2, 0.25) is 5.02 Å². The van der Waals surface area contributed by atoms with Crippen LogP contribution in [0.15, 0.2) is 66.0 Å². The molecule has 4 nitrogen and oxygen atoms in total. The average Bonchev–Trinajstić information content (AvgIpc) is 3.20. The van der Waals surface area contributed by atoms with E-state index < -0.39 is 0 Å². The Morgan fingerprint density at radius 2 is 1.85 bits per heavy atom. The molecule has 0 bridgehead atoms. The van der Waals surface area contributed by atoms with Gasteiger partial charge in [0, 0.05) is 17.8 Å². The number of thiophene rings is 1. The summed E-state index contributed by atoms with van der Waals surface area (Å²) in [5, 5.41) is 4.99. The SMILES string of the molecule is CCN(C(=O)c1ccc(Cl)c(NC(=O)c2cccs2)c1)c1ccccc1. The molecule has 0 spiro atoms. The van der Waals surface area contributed by atoms with E-state index in [1.807, 2.05) is 42.6 Å². The number of carbonyl (C=O) groups is 2. The number of nitrogens with one attached hydrogen (secondary N) is 1. The highest BCUT2D eigenvalue weighted by molar-refractivity contribution is 7.12. The Kier molecular flexibility index (Phi) is 5.71. The van der Waals surface area contributed by atoms with Crippen molar-refractivity contribution in [3.05, 3.63) is 81.5 Å². The summed E-state index contributed by atoms with van der Waals surface area (Å²) in [5.41, 5.74) is 1.70. The number of nitrogens with zero attached hydrogens (tertiary/aromatic N) is 1. The van der Waals surface area contributed by atoms with Crippen molar-refractivity contribution in [2.24, 2.45) is 0 Å². The Morgan fingerprint density at radius 3 is 2.50 bits per heavy atom. The lowest BCUT2D eigenvalue weighted by atomic mass is 10.1. The number of carbonyl (C=O) groups excluding carboxylic acids is 2. The van der Waals surface area contributed by atoms with Crippen molar-refractivity contribution in [1.82, 2.24) is 0 Å². The quantitative estimate of drug-likeness (QED) is 0.647. The molecule has 0 saturated carbocycles. The average molecular weight is 385 g/mol. The van der Waals surface area contributed by atoms with E-state index >= 15 is 0 Å². The summed E-state index contributed by atoms with van der Waals surface area (Å²) in [4.78, 5) is 27.4. The molecule has 6 heteroatoms. The molecule has 2 aromatic carbocycles. The zero-order valence-electron chi connectivity index (χ0n) is 14.1. The summed E-state index contributed by atoms with van der Waals surface area (Å²) in [6.45, 7) is 2.45. The molecule has 3 aromatic rings. The Labute approximate surface area is 161 Å². The first-order valence-electron chi connectivity index (χ1n) is 8.11. The van der Waals surface area contributed by atoms with Gasteiger partial charge < -0.3 is 10.2 Å². The summed E-state index contributed by atoms with van der Waals surface area (Å²) in [7, 11) is 0. The molecule has 3 rings (SSSR count). The van der Waals surface area contributed by atoms with E-state index in [1.54, 1.807) is 35.2 Å². The highest BCUT2D eigenvalue weighted by Gasteiger charge is 2.18. The molecule has 26 heavy (non-hydrogen) atoms. The number of amides is 2. The second-order valence-electron chi connectivity index (χ2n) is 5.51. The second-order valence-corrected chi connectivity index (χ2v) is 6.87. The molecule has 0 aliphatic rings. The fraction of sp³-hybridized carbons (Fsp3) is 0.100. The minimum absolute atomic E-state index is 0.151. The van der Waals surface area contributed by atoms with Gasteiger partial charge in [0.25, 0.3) is 11.8 Å². The summed E-state index contributed by atoms with van der Waals surface area (Å²) < 4.78 is 0. The molecule has 0 saturated heterocycles. The van der Waals surface area contributed by atoms with Gasteiger partial charge in [-0.25, -0.2) is 0 Å². The minimum atomic E-state index is -0.248. The van der Waals surface area contributed by atoms with Crippen LogP contribution < -0.4 is 10.2 Å². The molecule has 0 aliphatic heterocycles. The predicted octanol–water partition coefficient (Wildman–Crippen LogP) is 5.32. The summed E-state index contributed by atoms with van der Waals surface area (Å²) in [6, 6.07) is 17.9. The molecular weight excluding hydrogens is 368 g/mol. The number of para-hydroxylation sites is 1. The molecule has 1 heterocycles. The second kappa shape index (κ2) is 8.17. The van der Waals surface area contributed by atoms with Gasteiger partial charge in [0.2, 0.25) is 0 Å². The molecular formula is C20H17ClN2O2S. The minimum Gasteiger partial charge on any atom is -0.320 e. The van der Waals surface area contributed by atoms with Gasteiger partial charge in [-0.05, 0) is 48.7 Å². The highest BCUT2D eigenvalue weighted by Crippen LogP contribution is 2.26. The molecule has 0 atom stereocenters. The monoisotopic (exact) mass is 384 g/mol. The number of hydrogen-bond acceptors (Lipinski definition) is 3. The van der Waals surface area contributed by atoms with Gasteiger partial charge in [-0.3, -0.25) is 9.59 Å².